The molecule has 1 fully saturated rings. The summed E-state index contributed by atoms with van der Waals surface area (Å²) in [5, 5.41) is 0.362. The van der Waals surface area contributed by atoms with Gasteiger partial charge in [0.15, 0.2) is 4.77 Å². The molecule has 1 aliphatic heterocycles. The van der Waals surface area contributed by atoms with E-state index in [1.54, 1.807) is 29.2 Å². The summed E-state index contributed by atoms with van der Waals surface area (Å²) in [6.45, 7) is 2.90. The van der Waals surface area contributed by atoms with Gasteiger partial charge in [0, 0.05) is 40.5 Å². The Hall–Kier alpha value is -2.65. The first-order valence-corrected chi connectivity index (χ1v) is 11.4. The van der Waals surface area contributed by atoms with Crippen molar-refractivity contribution in [2.24, 2.45) is 0 Å². The Labute approximate surface area is 179 Å². The monoisotopic (exact) mass is 445 g/mol. The predicted octanol–water partition coefficient (Wildman–Crippen LogP) is 3.17. The van der Waals surface area contributed by atoms with Gasteiger partial charge in [-0.3, -0.25) is 13.8 Å². The number of aromatic amines is 1. The van der Waals surface area contributed by atoms with Gasteiger partial charge in [-0.1, -0.05) is 19.1 Å². The van der Waals surface area contributed by atoms with Crippen molar-refractivity contribution in [1.82, 2.24) is 14.5 Å². The van der Waals surface area contributed by atoms with Crippen LogP contribution >= 0.6 is 12.2 Å². The number of carbonyl (C=O) groups is 1. The van der Waals surface area contributed by atoms with Crippen LogP contribution < -0.4 is 5.56 Å². The quantitative estimate of drug-likeness (QED) is 0.615. The van der Waals surface area contributed by atoms with E-state index in [4.69, 9.17) is 12.2 Å². The molecule has 9 heteroatoms. The van der Waals surface area contributed by atoms with E-state index in [1.807, 2.05) is 6.92 Å². The van der Waals surface area contributed by atoms with E-state index in [0.29, 0.717) is 41.7 Å². The molecule has 1 amide bonds. The lowest BCUT2D eigenvalue weighted by atomic mass is 10.1. The summed E-state index contributed by atoms with van der Waals surface area (Å²) >= 11 is 5.30. The Kier molecular flexibility index (Phi) is 5.66. The lowest BCUT2D eigenvalue weighted by Crippen LogP contribution is -2.33. The minimum absolute atomic E-state index is 0.0428. The second-order valence-corrected chi connectivity index (χ2v) is 9.62. The van der Waals surface area contributed by atoms with Gasteiger partial charge in [0.1, 0.15) is 5.82 Å². The normalized spacial score (nSPS) is 19.6. The van der Waals surface area contributed by atoms with Crippen LogP contribution in [0.2, 0.25) is 0 Å². The average molecular weight is 446 g/mol. The Morgan fingerprint density at radius 2 is 2.00 bits per heavy atom. The Bertz CT molecular complexity index is 1280. The molecule has 2 atom stereocenters. The number of carbonyl (C=O) groups excluding carboxylic acids is 1. The van der Waals surface area contributed by atoms with E-state index >= 15 is 0 Å². The predicted molar refractivity (Wildman–Crippen MR) is 118 cm³/mol. The number of hydrogen-bond donors (Lipinski definition) is 1. The van der Waals surface area contributed by atoms with Crippen LogP contribution in [0, 0.1) is 10.6 Å². The number of para-hydroxylation sites is 1. The maximum Gasteiger partial charge on any atom is 0.266 e. The average Bonchev–Trinajstić information content (AvgIpc) is 2.90. The maximum atomic E-state index is 14.2. The molecule has 30 heavy (non-hydrogen) atoms. The molecule has 0 radical (unpaired) electrons. The summed E-state index contributed by atoms with van der Waals surface area (Å²) in [4.78, 5) is 30.6. The van der Waals surface area contributed by atoms with E-state index in [1.165, 1.54) is 18.2 Å². The fourth-order valence-corrected chi connectivity index (χ4v) is 5.03. The third-order valence-electron chi connectivity index (χ3n) is 5.34. The van der Waals surface area contributed by atoms with Gasteiger partial charge < -0.3 is 9.88 Å². The van der Waals surface area contributed by atoms with Crippen molar-refractivity contribution in [1.29, 1.82) is 0 Å². The van der Waals surface area contributed by atoms with Gasteiger partial charge in [0.2, 0.25) is 0 Å². The van der Waals surface area contributed by atoms with Crippen LogP contribution in [0.25, 0.3) is 16.6 Å². The van der Waals surface area contributed by atoms with Crippen LogP contribution in [-0.4, -0.2) is 48.7 Å². The van der Waals surface area contributed by atoms with Crippen LogP contribution in [0.1, 0.15) is 23.7 Å². The fraction of sp³-hybridized carbons (Fsp3) is 0.286. The molecule has 2 unspecified atom stereocenters. The van der Waals surface area contributed by atoms with Crippen molar-refractivity contribution >= 4 is 39.8 Å². The summed E-state index contributed by atoms with van der Waals surface area (Å²) in [6, 6.07) is 10.6. The molecule has 1 N–H and O–H groups in total. The van der Waals surface area contributed by atoms with E-state index in [-0.39, 0.29) is 21.6 Å². The van der Waals surface area contributed by atoms with Gasteiger partial charge >= 0.3 is 0 Å². The van der Waals surface area contributed by atoms with Crippen molar-refractivity contribution in [2.75, 3.05) is 18.8 Å². The standard InChI is InChI=1S/C21H20FN3O3S2/c1-13-8-9-24(10-11-30(13)28)19(26)14-6-7-15-17(12-14)23-21(29)25(20(15)27)18-5-3-2-4-16(18)22/h2-7,12-13H,8-11H2,1H3,(H,23,29). The molecule has 0 bridgehead atoms. The molecule has 1 saturated heterocycles. The molecule has 3 aromatic rings. The van der Waals surface area contributed by atoms with Gasteiger partial charge in [0.25, 0.3) is 11.5 Å². The number of H-pyrrole nitrogens is 1. The molecule has 156 valence electrons. The lowest BCUT2D eigenvalue weighted by molar-refractivity contribution is 0.0767. The number of nitrogens with zero attached hydrogens (tertiary/aromatic N) is 2. The summed E-state index contributed by atoms with van der Waals surface area (Å²) < 4.78 is 27.4. The third-order valence-corrected chi connectivity index (χ3v) is 7.34. The zero-order chi connectivity index (χ0) is 21.4. The van der Waals surface area contributed by atoms with Gasteiger partial charge in [-0.05, 0) is 49.0 Å². The zero-order valence-corrected chi connectivity index (χ0v) is 17.9. The highest BCUT2D eigenvalue weighted by Crippen LogP contribution is 2.18. The van der Waals surface area contributed by atoms with E-state index in [2.05, 4.69) is 4.98 Å². The largest absolute Gasteiger partial charge is 0.338 e. The summed E-state index contributed by atoms with van der Waals surface area (Å²) in [5.41, 5.74) is 0.432. The SMILES string of the molecule is CC1CCN(C(=O)c2ccc3c(=O)n(-c4ccccc4F)c(=S)[nH]c3c2)CCS1=O. The molecule has 2 heterocycles. The molecular formula is C21H20FN3O3S2. The molecule has 0 spiro atoms. The first-order chi connectivity index (χ1) is 14.4. The fourth-order valence-electron chi connectivity index (χ4n) is 3.57. The highest BCUT2D eigenvalue weighted by atomic mass is 32.2. The second-order valence-electron chi connectivity index (χ2n) is 7.26. The number of nitrogens with one attached hydrogen (secondary N) is 1. The smallest absolute Gasteiger partial charge is 0.266 e. The Morgan fingerprint density at radius 3 is 2.77 bits per heavy atom. The highest BCUT2D eigenvalue weighted by Gasteiger charge is 2.24. The van der Waals surface area contributed by atoms with Crippen molar-refractivity contribution < 1.29 is 13.4 Å². The van der Waals surface area contributed by atoms with E-state index < -0.39 is 22.2 Å². The van der Waals surface area contributed by atoms with E-state index in [0.717, 1.165) is 4.57 Å². The Morgan fingerprint density at radius 1 is 1.23 bits per heavy atom. The molecule has 4 rings (SSSR count). The molecule has 2 aromatic carbocycles. The lowest BCUT2D eigenvalue weighted by Gasteiger charge is -2.20. The minimum atomic E-state index is -0.936. The Balaban J connectivity index is 1.74. The number of fused-ring (bicyclic) bond motifs is 1. The first-order valence-electron chi connectivity index (χ1n) is 9.57. The zero-order valence-electron chi connectivity index (χ0n) is 16.3. The van der Waals surface area contributed by atoms with Crippen LogP contribution in [0.3, 0.4) is 0 Å². The number of hydrogen-bond acceptors (Lipinski definition) is 4. The third kappa shape index (κ3) is 3.75. The molecule has 1 aliphatic rings. The molecule has 0 aliphatic carbocycles. The topological polar surface area (TPSA) is 75.2 Å². The van der Waals surface area contributed by atoms with Crippen LogP contribution in [0.5, 0.6) is 0 Å². The number of rotatable bonds is 2. The van der Waals surface area contributed by atoms with Crippen molar-refractivity contribution in [3.05, 3.63) is 69.0 Å². The minimum Gasteiger partial charge on any atom is -0.338 e. The van der Waals surface area contributed by atoms with Crippen LogP contribution in [0.15, 0.2) is 47.3 Å². The van der Waals surface area contributed by atoms with Gasteiger partial charge in [-0.2, -0.15) is 0 Å². The molecule has 6 nitrogen and oxygen atoms in total. The molecular weight excluding hydrogens is 425 g/mol. The van der Waals surface area contributed by atoms with Crippen LogP contribution in [0.4, 0.5) is 4.39 Å². The van der Waals surface area contributed by atoms with Crippen molar-refractivity contribution in [3.8, 4) is 5.69 Å². The summed E-state index contributed by atoms with van der Waals surface area (Å²) in [6.07, 6.45) is 0.682. The summed E-state index contributed by atoms with van der Waals surface area (Å²) in [5.74, 6) is -0.283. The van der Waals surface area contributed by atoms with Gasteiger partial charge in [-0.25, -0.2) is 8.96 Å². The van der Waals surface area contributed by atoms with Gasteiger partial charge in [0.05, 0.1) is 16.6 Å². The van der Waals surface area contributed by atoms with Crippen molar-refractivity contribution in [2.45, 2.75) is 18.6 Å². The van der Waals surface area contributed by atoms with E-state index in [9.17, 15) is 18.2 Å². The van der Waals surface area contributed by atoms with Crippen LogP contribution in [-0.2, 0) is 10.8 Å². The number of benzene rings is 2. The maximum absolute atomic E-state index is 14.2. The number of halogens is 1. The summed E-state index contributed by atoms with van der Waals surface area (Å²) in [7, 11) is -0.936. The second kappa shape index (κ2) is 8.23. The van der Waals surface area contributed by atoms with Crippen molar-refractivity contribution in [3.63, 3.8) is 0 Å². The number of amides is 1. The molecule has 1 aromatic heterocycles. The first kappa shape index (κ1) is 20.6. The number of aromatic nitrogens is 2. The van der Waals surface area contributed by atoms with Gasteiger partial charge in [-0.15, -0.1) is 0 Å². The highest BCUT2D eigenvalue weighted by molar-refractivity contribution is 7.85. The molecule has 0 saturated carbocycles.